The van der Waals surface area contributed by atoms with Crippen molar-refractivity contribution in [2.75, 3.05) is 25.0 Å². The van der Waals surface area contributed by atoms with E-state index in [1.807, 2.05) is 24.3 Å². The number of phenols is 1. The fourth-order valence-electron chi connectivity index (χ4n) is 4.04. The molecule has 1 aliphatic heterocycles. The maximum absolute atomic E-state index is 14.7. The fraction of sp³-hybridized carbons (Fsp3) is 0.360. The Morgan fingerprint density at radius 3 is 2.88 bits per heavy atom. The first-order valence-electron chi connectivity index (χ1n) is 11.1. The predicted molar refractivity (Wildman–Crippen MR) is 125 cm³/mol. The third-order valence-corrected chi connectivity index (χ3v) is 5.85. The van der Waals surface area contributed by atoms with Crippen molar-refractivity contribution in [3.05, 3.63) is 71.7 Å². The van der Waals surface area contributed by atoms with Gasteiger partial charge in [0, 0.05) is 50.0 Å². The lowest BCUT2D eigenvalue weighted by Crippen LogP contribution is -2.53. The molecule has 0 radical (unpaired) electrons. The molecule has 1 aromatic heterocycles. The van der Waals surface area contributed by atoms with Gasteiger partial charge in [0.25, 0.3) is 0 Å². The zero-order valence-corrected chi connectivity index (χ0v) is 18.6. The number of aromatic hydroxyl groups is 1. The summed E-state index contributed by atoms with van der Waals surface area (Å²) < 4.78 is 14.7. The van der Waals surface area contributed by atoms with Gasteiger partial charge in [0.2, 0.25) is 5.95 Å². The van der Waals surface area contributed by atoms with Gasteiger partial charge in [-0.1, -0.05) is 18.2 Å². The summed E-state index contributed by atoms with van der Waals surface area (Å²) in [6.07, 6.45) is 2.36. The predicted octanol–water partition coefficient (Wildman–Crippen LogP) is 3.83. The molecule has 1 fully saturated rings. The fourth-order valence-corrected chi connectivity index (χ4v) is 4.04. The van der Waals surface area contributed by atoms with Gasteiger partial charge < -0.3 is 15.7 Å². The number of halogens is 1. The molecule has 1 aliphatic rings. The summed E-state index contributed by atoms with van der Waals surface area (Å²) in [4.78, 5) is 11.2. The highest BCUT2D eigenvalue weighted by atomic mass is 19.1. The topological polar surface area (TPSA) is 73.3 Å². The van der Waals surface area contributed by atoms with Crippen molar-refractivity contribution in [3.63, 3.8) is 0 Å². The first-order chi connectivity index (χ1) is 15.5. The number of anilines is 1. The Morgan fingerprint density at radius 1 is 1.16 bits per heavy atom. The van der Waals surface area contributed by atoms with Crippen LogP contribution in [0.4, 0.5) is 10.3 Å². The minimum Gasteiger partial charge on any atom is -0.508 e. The van der Waals surface area contributed by atoms with Crippen LogP contribution in [0.1, 0.15) is 25.0 Å². The molecular formula is C25H30FN5O. The number of hydrogen-bond acceptors (Lipinski definition) is 6. The van der Waals surface area contributed by atoms with Crippen LogP contribution < -0.4 is 10.6 Å². The molecule has 1 saturated heterocycles. The summed E-state index contributed by atoms with van der Waals surface area (Å²) in [5, 5.41) is 16.3. The zero-order chi connectivity index (χ0) is 22.5. The summed E-state index contributed by atoms with van der Waals surface area (Å²) in [6, 6.07) is 15.0. The van der Waals surface area contributed by atoms with Gasteiger partial charge in [-0.3, -0.25) is 4.90 Å². The SMILES string of the molecule is C[C@@H]1CN(Cc2ccc(F)c(-c3ccnc(NCCc4cccc(O)c4)n3)c2)[C@H](C)CN1. The second kappa shape index (κ2) is 10.1. The van der Waals surface area contributed by atoms with Crippen LogP contribution in [0.15, 0.2) is 54.7 Å². The van der Waals surface area contributed by atoms with E-state index in [0.29, 0.717) is 42.3 Å². The van der Waals surface area contributed by atoms with Crippen LogP contribution in [0.3, 0.4) is 0 Å². The van der Waals surface area contributed by atoms with Crippen molar-refractivity contribution in [2.24, 2.45) is 0 Å². The smallest absolute Gasteiger partial charge is 0.223 e. The van der Waals surface area contributed by atoms with Crippen molar-refractivity contribution < 1.29 is 9.50 Å². The molecule has 2 aromatic carbocycles. The maximum Gasteiger partial charge on any atom is 0.223 e. The highest BCUT2D eigenvalue weighted by Crippen LogP contribution is 2.24. The van der Waals surface area contributed by atoms with Crippen LogP contribution in [0.2, 0.25) is 0 Å². The van der Waals surface area contributed by atoms with E-state index in [9.17, 15) is 9.50 Å². The quantitative estimate of drug-likeness (QED) is 0.524. The van der Waals surface area contributed by atoms with Gasteiger partial charge >= 0.3 is 0 Å². The molecular weight excluding hydrogens is 405 g/mol. The molecule has 0 saturated carbocycles. The highest BCUT2D eigenvalue weighted by molar-refractivity contribution is 5.61. The molecule has 168 valence electrons. The first kappa shape index (κ1) is 22.2. The standard InChI is InChI=1S/C25H30FN5O/c1-17-15-31(18(2)14-29-17)16-20-6-7-23(26)22(13-20)24-9-11-28-25(30-24)27-10-8-19-4-3-5-21(32)12-19/h3-7,9,11-13,17-18,29,32H,8,10,14-16H2,1-2H3,(H,27,28,30)/t17-,18-/m1/s1. The molecule has 0 unspecified atom stereocenters. The number of phenolic OH excluding ortho intramolecular Hbond substituents is 1. The Labute approximate surface area is 188 Å². The van der Waals surface area contributed by atoms with Crippen molar-refractivity contribution in [1.82, 2.24) is 20.2 Å². The number of benzene rings is 2. The van der Waals surface area contributed by atoms with Gasteiger partial charge in [0.15, 0.2) is 0 Å². The number of aromatic nitrogens is 2. The molecule has 3 aromatic rings. The maximum atomic E-state index is 14.7. The molecule has 0 bridgehead atoms. The van der Waals surface area contributed by atoms with Crippen molar-refractivity contribution >= 4 is 5.95 Å². The molecule has 2 heterocycles. The average molecular weight is 436 g/mol. The molecule has 6 nitrogen and oxygen atoms in total. The molecule has 0 spiro atoms. The molecule has 4 rings (SSSR count). The van der Waals surface area contributed by atoms with Gasteiger partial charge in [0.05, 0.1) is 5.69 Å². The Morgan fingerprint density at radius 2 is 2.03 bits per heavy atom. The van der Waals surface area contributed by atoms with Gasteiger partial charge in [-0.25, -0.2) is 14.4 Å². The molecule has 0 aliphatic carbocycles. The third kappa shape index (κ3) is 5.60. The molecule has 2 atom stereocenters. The van der Waals surface area contributed by atoms with Gasteiger partial charge in [-0.05, 0) is 61.7 Å². The lowest BCUT2D eigenvalue weighted by molar-refractivity contribution is 0.139. The number of rotatable bonds is 7. The van der Waals surface area contributed by atoms with Crippen LogP contribution in [0.25, 0.3) is 11.3 Å². The minimum absolute atomic E-state index is 0.251. The Hall–Kier alpha value is -3.03. The van der Waals surface area contributed by atoms with Gasteiger partial charge in [0.1, 0.15) is 11.6 Å². The summed E-state index contributed by atoms with van der Waals surface area (Å²) in [5.74, 6) is 0.415. The summed E-state index contributed by atoms with van der Waals surface area (Å²) in [5.41, 5.74) is 3.13. The van der Waals surface area contributed by atoms with E-state index in [4.69, 9.17) is 0 Å². The van der Waals surface area contributed by atoms with E-state index in [2.05, 4.69) is 39.3 Å². The van der Waals surface area contributed by atoms with Crippen molar-refractivity contribution in [2.45, 2.75) is 38.9 Å². The number of piperazine rings is 1. The summed E-state index contributed by atoms with van der Waals surface area (Å²) in [6.45, 7) is 7.70. The van der Waals surface area contributed by atoms with Crippen LogP contribution in [-0.4, -0.2) is 51.7 Å². The summed E-state index contributed by atoms with van der Waals surface area (Å²) in [7, 11) is 0. The monoisotopic (exact) mass is 435 g/mol. The van der Waals surface area contributed by atoms with E-state index in [-0.39, 0.29) is 11.6 Å². The third-order valence-electron chi connectivity index (χ3n) is 5.85. The number of hydrogen-bond donors (Lipinski definition) is 3. The largest absolute Gasteiger partial charge is 0.508 e. The van der Waals surface area contributed by atoms with Gasteiger partial charge in [-0.15, -0.1) is 0 Å². The molecule has 7 heteroatoms. The molecule has 3 N–H and O–H groups in total. The zero-order valence-electron chi connectivity index (χ0n) is 18.6. The van der Waals surface area contributed by atoms with Crippen LogP contribution in [0.5, 0.6) is 5.75 Å². The van der Waals surface area contributed by atoms with E-state index in [1.54, 1.807) is 24.4 Å². The molecule has 0 amide bonds. The lowest BCUT2D eigenvalue weighted by Gasteiger charge is -2.37. The van der Waals surface area contributed by atoms with Crippen LogP contribution in [-0.2, 0) is 13.0 Å². The minimum atomic E-state index is -0.292. The van der Waals surface area contributed by atoms with Gasteiger partial charge in [-0.2, -0.15) is 0 Å². The number of nitrogens with zero attached hydrogens (tertiary/aromatic N) is 3. The Bertz CT molecular complexity index is 1060. The second-order valence-electron chi connectivity index (χ2n) is 8.51. The van der Waals surface area contributed by atoms with Crippen LogP contribution >= 0.6 is 0 Å². The van der Waals surface area contributed by atoms with Crippen LogP contribution in [0, 0.1) is 5.82 Å². The Kier molecular flexibility index (Phi) is 6.97. The number of nitrogens with one attached hydrogen (secondary N) is 2. The molecule has 32 heavy (non-hydrogen) atoms. The van der Waals surface area contributed by atoms with Crippen molar-refractivity contribution in [1.29, 1.82) is 0 Å². The van der Waals surface area contributed by atoms with E-state index in [1.165, 1.54) is 6.07 Å². The average Bonchev–Trinajstić information content (AvgIpc) is 2.78. The Balaban J connectivity index is 1.45. The first-order valence-corrected chi connectivity index (χ1v) is 11.1. The van der Waals surface area contributed by atoms with Crippen molar-refractivity contribution in [3.8, 4) is 17.0 Å². The highest BCUT2D eigenvalue weighted by Gasteiger charge is 2.22. The van der Waals surface area contributed by atoms with E-state index in [0.717, 1.165) is 30.8 Å². The van der Waals surface area contributed by atoms with E-state index < -0.39 is 0 Å². The van der Waals surface area contributed by atoms with E-state index >= 15 is 0 Å². The summed E-state index contributed by atoms with van der Waals surface area (Å²) >= 11 is 0. The lowest BCUT2D eigenvalue weighted by atomic mass is 10.0. The second-order valence-corrected chi connectivity index (χ2v) is 8.51. The normalized spacial score (nSPS) is 19.1.